The number of methoxy groups -OCH3 is 1. The fraction of sp³-hybridized carbons (Fsp3) is 0.455. The molecule has 96 valence electrons. The van der Waals surface area contributed by atoms with Crippen LogP contribution in [0.4, 0.5) is 14.5 Å². The summed E-state index contributed by atoms with van der Waals surface area (Å²) >= 11 is 0.481. The summed E-state index contributed by atoms with van der Waals surface area (Å²) in [5.41, 5.74) is 0.591. The Morgan fingerprint density at radius 1 is 1.41 bits per heavy atom. The van der Waals surface area contributed by atoms with Gasteiger partial charge >= 0.3 is 0 Å². The topological polar surface area (TPSA) is 41.5 Å². The minimum Gasteiger partial charge on any atom is -0.389 e. The number of anilines is 1. The molecule has 3 nitrogen and oxygen atoms in total. The Labute approximate surface area is 103 Å². The van der Waals surface area contributed by atoms with Gasteiger partial charge in [0.25, 0.3) is 5.76 Å². The van der Waals surface area contributed by atoms with Crippen molar-refractivity contribution in [3.8, 4) is 0 Å². The van der Waals surface area contributed by atoms with E-state index in [2.05, 4.69) is 5.32 Å². The van der Waals surface area contributed by atoms with Gasteiger partial charge in [0.1, 0.15) is 0 Å². The summed E-state index contributed by atoms with van der Waals surface area (Å²) < 4.78 is 29.3. The molecule has 1 atom stereocenters. The third-order valence-corrected chi connectivity index (χ3v) is 2.78. The first-order valence-corrected chi connectivity index (χ1v) is 5.96. The average molecular weight is 263 g/mol. The van der Waals surface area contributed by atoms with E-state index in [0.29, 0.717) is 22.3 Å². The van der Waals surface area contributed by atoms with E-state index in [9.17, 15) is 13.9 Å². The van der Waals surface area contributed by atoms with Crippen LogP contribution < -0.4 is 5.32 Å². The molecule has 0 fully saturated rings. The Morgan fingerprint density at radius 2 is 2.12 bits per heavy atom. The highest BCUT2D eigenvalue weighted by Crippen LogP contribution is 2.31. The lowest BCUT2D eigenvalue weighted by molar-refractivity contribution is 0.0727. The molecule has 2 N–H and O–H groups in total. The summed E-state index contributed by atoms with van der Waals surface area (Å²) in [6.07, 6.45) is -0.662. The maximum absolute atomic E-state index is 12.3. The second-order valence-corrected chi connectivity index (χ2v) is 4.40. The molecule has 1 rings (SSSR count). The molecule has 0 bridgehead atoms. The van der Waals surface area contributed by atoms with Crippen LogP contribution in [0.3, 0.4) is 0 Å². The van der Waals surface area contributed by atoms with Gasteiger partial charge in [-0.05, 0) is 12.1 Å². The monoisotopic (exact) mass is 263 g/mol. The summed E-state index contributed by atoms with van der Waals surface area (Å²) in [5.74, 6) is -2.46. The van der Waals surface area contributed by atoms with Crippen LogP contribution in [0.25, 0.3) is 0 Å². The van der Waals surface area contributed by atoms with E-state index >= 15 is 0 Å². The first-order chi connectivity index (χ1) is 8.13. The predicted molar refractivity (Wildman–Crippen MR) is 64.7 cm³/mol. The zero-order valence-electron chi connectivity index (χ0n) is 9.40. The molecule has 0 spiro atoms. The maximum Gasteiger partial charge on any atom is 0.288 e. The number of ether oxygens (including phenoxy) is 1. The lowest BCUT2D eigenvalue weighted by atomic mass is 10.3. The summed E-state index contributed by atoms with van der Waals surface area (Å²) in [6.45, 7) is 0.464. The highest BCUT2D eigenvalue weighted by molar-refractivity contribution is 7.99. The number of alkyl halides is 2. The molecule has 0 aromatic heterocycles. The molecule has 0 aliphatic carbocycles. The van der Waals surface area contributed by atoms with E-state index in [1.807, 2.05) is 0 Å². The molecule has 17 heavy (non-hydrogen) atoms. The number of hydrogen-bond acceptors (Lipinski definition) is 4. The lowest BCUT2D eigenvalue weighted by Gasteiger charge is -2.14. The van der Waals surface area contributed by atoms with Crippen molar-refractivity contribution < 1.29 is 18.6 Å². The molecule has 0 saturated carbocycles. The first-order valence-electron chi connectivity index (χ1n) is 5.08. The van der Waals surface area contributed by atoms with E-state index in [0.717, 1.165) is 0 Å². The van der Waals surface area contributed by atoms with Crippen molar-refractivity contribution in [3.63, 3.8) is 0 Å². The second-order valence-electron chi connectivity index (χ2n) is 3.36. The quantitative estimate of drug-likeness (QED) is 0.741. The number of rotatable bonds is 7. The van der Waals surface area contributed by atoms with Crippen LogP contribution in [0.2, 0.25) is 0 Å². The van der Waals surface area contributed by atoms with Crippen LogP contribution in [-0.4, -0.2) is 37.2 Å². The Bertz CT molecular complexity index is 339. The maximum atomic E-state index is 12.3. The normalized spacial score (nSPS) is 12.8. The Kier molecular flexibility index (Phi) is 6.25. The standard InChI is InChI=1S/C11H15F2NO2S/c1-16-7-8(15)6-14-9-4-2-3-5-10(9)17-11(12)13/h2-5,8,11,14-15H,6-7H2,1H3. The van der Waals surface area contributed by atoms with Crippen molar-refractivity contribution in [2.75, 3.05) is 25.6 Å². The Balaban J connectivity index is 2.57. The summed E-state index contributed by atoms with van der Waals surface area (Å²) in [7, 11) is 1.49. The van der Waals surface area contributed by atoms with Crippen molar-refractivity contribution in [1.29, 1.82) is 0 Å². The number of hydrogen-bond donors (Lipinski definition) is 2. The average Bonchev–Trinajstić information content (AvgIpc) is 2.27. The molecule has 1 aromatic rings. The molecule has 1 unspecified atom stereocenters. The molecule has 0 aliphatic rings. The number of thioether (sulfide) groups is 1. The zero-order chi connectivity index (χ0) is 12.7. The van der Waals surface area contributed by atoms with Crippen LogP contribution in [0.15, 0.2) is 29.2 Å². The molecule has 0 radical (unpaired) electrons. The van der Waals surface area contributed by atoms with Crippen molar-refractivity contribution in [1.82, 2.24) is 0 Å². The SMILES string of the molecule is COCC(O)CNc1ccccc1SC(F)F. The minimum atomic E-state index is -2.46. The van der Waals surface area contributed by atoms with E-state index < -0.39 is 11.9 Å². The molecule has 6 heteroatoms. The number of halogens is 2. The zero-order valence-corrected chi connectivity index (χ0v) is 10.2. The molecule has 0 saturated heterocycles. The third-order valence-electron chi connectivity index (χ3n) is 1.99. The molecular formula is C11H15F2NO2S. The predicted octanol–water partition coefficient (Wildman–Crippen LogP) is 2.42. The van der Waals surface area contributed by atoms with Crippen LogP contribution >= 0.6 is 11.8 Å². The smallest absolute Gasteiger partial charge is 0.288 e. The number of para-hydroxylation sites is 1. The molecule has 1 aromatic carbocycles. The van der Waals surface area contributed by atoms with E-state index in [1.54, 1.807) is 24.3 Å². The summed E-state index contributed by atoms with van der Waals surface area (Å²) in [5, 5.41) is 12.4. The van der Waals surface area contributed by atoms with Gasteiger partial charge in [-0.2, -0.15) is 8.78 Å². The largest absolute Gasteiger partial charge is 0.389 e. The minimum absolute atomic E-state index is 0.206. The highest BCUT2D eigenvalue weighted by Gasteiger charge is 2.10. The first kappa shape index (κ1) is 14.2. The molecule has 0 aliphatic heterocycles. The van der Waals surface area contributed by atoms with Crippen molar-refractivity contribution >= 4 is 17.4 Å². The van der Waals surface area contributed by atoms with Gasteiger partial charge in [0, 0.05) is 24.2 Å². The highest BCUT2D eigenvalue weighted by atomic mass is 32.2. The van der Waals surface area contributed by atoms with Crippen molar-refractivity contribution in [2.45, 2.75) is 16.8 Å². The Hall–Kier alpha value is -0.850. The fourth-order valence-electron chi connectivity index (χ4n) is 1.29. The van der Waals surface area contributed by atoms with Gasteiger partial charge in [-0.15, -0.1) is 0 Å². The fourth-order valence-corrected chi connectivity index (χ4v) is 1.91. The van der Waals surface area contributed by atoms with Gasteiger partial charge < -0.3 is 15.2 Å². The van der Waals surface area contributed by atoms with Gasteiger partial charge in [-0.1, -0.05) is 23.9 Å². The number of aliphatic hydroxyl groups excluding tert-OH is 1. The van der Waals surface area contributed by atoms with Crippen LogP contribution in [0.5, 0.6) is 0 Å². The van der Waals surface area contributed by atoms with Crippen LogP contribution in [-0.2, 0) is 4.74 Å². The number of benzene rings is 1. The molecule has 0 heterocycles. The van der Waals surface area contributed by atoms with Gasteiger partial charge in [0.2, 0.25) is 0 Å². The number of aliphatic hydroxyl groups is 1. The van der Waals surface area contributed by atoms with E-state index in [4.69, 9.17) is 4.74 Å². The second kappa shape index (κ2) is 7.47. The summed E-state index contributed by atoms with van der Waals surface area (Å²) in [6, 6.07) is 6.76. The van der Waals surface area contributed by atoms with Crippen LogP contribution in [0.1, 0.15) is 0 Å². The van der Waals surface area contributed by atoms with Gasteiger partial charge in [0.05, 0.1) is 12.7 Å². The Morgan fingerprint density at radius 3 is 2.76 bits per heavy atom. The van der Waals surface area contributed by atoms with Crippen molar-refractivity contribution in [3.05, 3.63) is 24.3 Å². The molecular weight excluding hydrogens is 248 g/mol. The van der Waals surface area contributed by atoms with Gasteiger partial charge in [-0.25, -0.2) is 0 Å². The third kappa shape index (κ3) is 5.34. The number of nitrogens with one attached hydrogen (secondary N) is 1. The lowest BCUT2D eigenvalue weighted by Crippen LogP contribution is -2.24. The van der Waals surface area contributed by atoms with Crippen molar-refractivity contribution in [2.24, 2.45) is 0 Å². The molecule has 0 amide bonds. The van der Waals surface area contributed by atoms with E-state index in [-0.39, 0.29) is 13.2 Å². The van der Waals surface area contributed by atoms with Gasteiger partial charge in [0.15, 0.2) is 0 Å². The van der Waals surface area contributed by atoms with Gasteiger partial charge in [-0.3, -0.25) is 0 Å². The summed E-state index contributed by atoms with van der Waals surface area (Å²) in [4.78, 5) is 0.465. The van der Waals surface area contributed by atoms with E-state index in [1.165, 1.54) is 7.11 Å². The van der Waals surface area contributed by atoms with Crippen LogP contribution in [0, 0.1) is 0 Å².